The Bertz CT molecular complexity index is 747. The van der Waals surface area contributed by atoms with Gasteiger partial charge in [0.05, 0.1) is 0 Å². The normalized spacial score (nSPS) is 13.1. The summed E-state index contributed by atoms with van der Waals surface area (Å²) in [6.07, 6.45) is 0. The lowest BCUT2D eigenvalue weighted by molar-refractivity contribution is 1.18. The van der Waals surface area contributed by atoms with Crippen LogP contribution in [0.15, 0.2) is 74.2 Å². The van der Waals surface area contributed by atoms with E-state index in [1.807, 2.05) is 35.7 Å². The summed E-state index contributed by atoms with van der Waals surface area (Å²) in [6.45, 7) is 0. The molecule has 0 N–H and O–H groups in total. The van der Waals surface area contributed by atoms with Crippen LogP contribution in [0.3, 0.4) is 0 Å². The lowest BCUT2D eigenvalue weighted by atomic mass is 10.1. The minimum Gasteiger partial charge on any atom is -0.0877 e. The first-order chi connectivity index (χ1) is 8.92. The molecule has 1 aliphatic heterocycles. The smallest absolute Gasteiger partial charge is 0.0347 e. The van der Waals surface area contributed by atoms with E-state index < -0.39 is 0 Å². The molecule has 3 aromatic rings. The van der Waals surface area contributed by atoms with Crippen molar-refractivity contribution in [3.05, 3.63) is 60.7 Å². The Hall–Kier alpha value is -1.38. The SMILES string of the molecule is [c]1cccc2ccc3c(c12)Sc1ccccc1S3. The maximum atomic E-state index is 3.38. The van der Waals surface area contributed by atoms with Crippen LogP contribution in [0.1, 0.15) is 0 Å². The number of fused-ring (bicyclic) bond motifs is 4. The first-order valence-electron chi connectivity index (χ1n) is 5.80. The fourth-order valence-electron chi connectivity index (χ4n) is 2.18. The second-order valence-corrected chi connectivity index (χ2v) is 6.31. The summed E-state index contributed by atoms with van der Waals surface area (Å²) in [6, 6.07) is 22.6. The van der Waals surface area contributed by atoms with Crippen LogP contribution in [0.4, 0.5) is 0 Å². The second-order valence-electron chi connectivity index (χ2n) is 4.18. The molecule has 85 valence electrons. The molecule has 0 saturated heterocycles. The van der Waals surface area contributed by atoms with Crippen LogP contribution in [-0.4, -0.2) is 0 Å². The summed E-state index contributed by atoms with van der Waals surface area (Å²) in [5.74, 6) is 0. The molecule has 0 amide bonds. The van der Waals surface area contributed by atoms with E-state index in [9.17, 15) is 0 Å². The quantitative estimate of drug-likeness (QED) is 0.425. The van der Waals surface area contributed by atoms with Crippen LogP contribution in [0.25, 0.3) is 10.8 Å². The van der Waals surface area contributed by atoms with Crippen LogP contribution < -0.4 is 0 Å². The van der Waals surface area contributed by atoms with Crippen molar-refractivity contribution in [2.45, 2.75) is 19.6 Å². The highest BCUT2D eigenvalue weighted by atomic mass is 32.2. The Balaban J connectivity index is 1.98. The summed E-state index contributed by atoms with van der Waals surface area (Å²) in [7, 11) is 0. The van der Waals surface area contributed by atoms with Crippen molar-refractivity contribution in [3.8, 4) is 0 Å². The summed E-state index contributed by atoms with van der Waals surface area (Å²) in [4.78, 5) is 5.38. The van der Waals surface area contributed by atoms with Crippen LogP contribution >= 0.6 is 23.5 Å². The fourth-order valence-corrected chi connectivity index (χ4v) is 4.54. The van der Waals surface area contributed by atoms with Crippen molar-refractivity contribution in [3.63, 3.8) is 0 Å². The Kier molecular flexibility index (Phi) is 2.39. The fraction of sp³-hybridized carbons (Fsp3) is 0. The van der Waals surface area contributed by atoms with Crippen LogP contribution in [0.5, 0.6) is 0 Å². The van der Waals surface area contributed by atoms with Crippen molar-refractivity contribution in [2.75, 3.05) is 0 Å². The zero-order valence-corrected chi connectivity index (χ0v) is 11.1. The van der Waals surface area contributed by atoms with Crippen LogP contribution in [0.2, 0.25) is 0 Å². The number of hydrogen-bond acceptors (Lipinski definition) is 2. The molecule has 1 aliphatic rings. The molecule has 0 saturated carbocycles. The summed E-state index contributed by atoms with van der Waals surface area (Å²) in [5.41, 5.74) is 0. The average Bonchev–Trinajstić information content (AvgIpc) is 2.45. The van der Waals surface area contributed by atoms with E-state index in [4.69, 9.17) is 0 Å². The van der Waals surface area contributed by atoms with Gasteiger partial charge in [-0.3, -0.25) is 0 Å². The van der Waals surface area contributed by atoms with Gasteiger partial charge in [0.1, 0.15) is 0 Å². The van der Waals surface area contributed by atoms with E-state index in [0.29, 0.717) is 0 Å². The molecule has 3 aromatic carbocycles. The third-order valence-corrected chi connectivity index (χ3v) is 5.63. The molecule has 0 unspecified atom stereocenters. The molecule has 1 heterocycles. The van der Waals surface area contributed by atoms with Crippen LogP contribution in [-0.2, 0) is 0 Å². The first-order valence-corrected chi connectivity index (χ1v) is 7.43. The Morgan fingerprint density at radius 1 is 0.722 bits per heavy atom. The maximum absolute atomic E-state index is 3.38. The minimum atomic E-state index is 1.24. The number of benzene rings is 3. The Labute approximate surface area is 114 Å². The molecular formula is C16H9S2. The van der Waals surface area contributed by atoms with Crippen molar-refractivity contribution in [2.24, 2.45) is 0 Å². The molecule has 0 nitrogen and oxygen atoms in total. The van der Waals surface area contributed by atoms with E-state index in [0.717, 1.165) is 0 Å². The Morgan fingerprint density at radius 2 is 1.56 bits per heavy atom. The van der Waals surface area contributed by atoms with Crippen molar-refractivity contribution in [1.29, 1.82) is 0 Å². The standard InChI is InChI=1S/C16H9S2/c1-2-6-12-11(5-1)9-10-15-16(12)18-14-8-4-3-7-13(14)17-15/h1-5,7-10H. The van der Waals surface area contributed by atoms with Gasteiger partial charge in [-0.2, -0.15) is 0 Å². The molecular weight excluding hydrogens is 256 g/mol. The molecule has 4 rings (SSSR count). The topological polar surface area (TPSA) is 0 Å². The van der Waals surface area contributed by atoms with Gasteiger partial charge in [-0.15, -0.1) is 0 Å². The average molecular weight is 265 g/mol. The second kappa shape index (κ2) is 4.08. The van der Waals surface area contributed by atoms with E-state index >= 15 is 0 Å². The van der Waals surface area contributed by atoms with Gasteiger partial charge >= 0.3 is 0 Å². The summed E-state index contributed by atoms with van der Waals surface area (Å²) < 4.78 is 0. The van der Waals surface area contributed by atoms with Gasteiger partial charge in [-0.05, 0) is 29.7 Å². The summed E-state index contributed by atoms with van der Waals surface area (Å²) >= 11 is 3.72. The minimum absolute atomic E-state index is 1.24. The molecule has 0 fully saturated rings. The van der Waals surface area contributed by atoms with Gasteiger partial charge in [0.15, 0.2) is 0 Å². The molecule has 2 heteroatoms. The third-order valence-electron chi connectivity index (χ3n) is 3.03. The van der Waals surface area contributed by atoms with Crippen molar-refractivity contribution < 1.29 is 0 Å². The molecule has 0 aromatic heterocycles. The monoisotopic (exact) mass is 265 g/mol. The van der Waals surface area contributed by atoms with E-state index in [2.05, 4.69) is 48.5 Å². The summed E-state index contributed by atoms with van der Waals surface area (Å²) in [5, 5.41) is 2.51. The van der Waals surface area contributed by atoms with Crippen molar-refractivity contribution >= 4 is 34.3 Å². The van der Waals surface area contributed by atoms with Crippen LogP contribution in [0, 0.1) is 6.07 Å². The molecule has 0 aliphatic carbocycles. The predicted molar refractivity (Wildman–Crippen MR) is 77.5 cm³/mol. The van der Waals surface area contributed by atoms with E-state index in [1.165, 1.54) is 30.4 Å². The van der Waals surface area contributed by atoms with Gasteiger partial charge in [0.2, 0.25) is 0 Å². The molecule has 0 atom stereocenters. The molecule has 1 radical (unpaired) electrons. The molecule has 0 spiro atoms. The van der Waals surface area contributed by atoms with E-state index in [-0.39, 0.29) is 0 Å². The highest BCUT2D eigenvalue weighted by Gasteiger charge is 2.18. The van der Waals surface area contributed by atoms with Gasteiger partial charge in [0, 0.05) is 25.0 Å². The highest BCUT2D eigenvalue weighted by molar-refractivity contribution is 8.05. The zero-order chi connectivity index (χ0) is 11.9. The first kappa shape index (κ1) is 10.5. The molecule has 18 heavy (non-hydrogen) atoms. The van der Waals surface area contributed by atoms with E-state index in [1.54, 1.807) is 0 Å². The third kappa shape index (κ3) is 1.57. The number of hydrogen-bond donors (Lipinski definition) is 0. The lowest BCUT2D eigenvalue weighted by Crippen LogP contribution is -1.90. The Morgan fingerprint density at radius 3 is 2.44 bits per heavy atom. The van der Waals surface area contributed by atoms with Gasteiger partial charge in [-0.25, -0.2) is 0 Å². The number of rotatable bonds is 0. The van der Waals surface area contributed by atoms with Gasteiger partial charge in [0.25, 0.3) is 0 Å². The zero-order valence-electron chi connectivity index (χ0n) is 9.51. The maximum Gasteiger partial charge on any atom is 0.0347 e. The van der Waals surface area contributed by atoms with Crippen molar-refractivity contribution in [1.82, 2.24) is 0 Å². The molecule has 0 bridgehead atoms. The van der Waals surface area contributed by atoms with Gasteiger partial charge in [-0.1, -0.05) is 59.9 Å². The highest BCUT2D eigenvalue weighted by Crippen LogP contribution is 2.50. The largest absolute Gasteiger partial charge is 0.0877 e. The lowest BCUT2D eigenvalue weighted by Gasteiger charge is -2.19. The van der Waals surface area contributed by atoms with Gasteiger partial charge < -0.3 is 0 Å². The predicted octanol–water partition coefficient (Wildman–Crippen LogP) is 5.26.